The minimum absolute atomic E-state index is 0.206. The number of likely N-dealkylation sites (tertiary alicyclic amines) is 1. The highest BCUT2D eigenvalue weighted by Crippen LogP contribution is 2.28. The van der Waals surface area contributed by atoms with Gasteiger partial charge in [0.15, 0.2) is 0 Å². The van der Waals surface area contributed by atoms with Crippen LogP contribution < -0.4 is 5.73 Å². The maximum atomic E-state index is 12.2. The summed E-state index contributed by atoms with van der Waals surface area (Å²) in [7, 11) is 0. The molecule has 2 rings (SSSR count). The van der Waals surface area contributed by atoms with Crippen LogP contribution in [0.25, 0.3) is 0 Å². The topological polar surface area (TPSA) is 66.6 Å². The summed E-state index contributed by atoms with van der Waals surface area (Å²) < 4.78 is 0. The number of nitrogens with zero attached hydrogens (tertiary/aromatic N) is 1. The van der Waals surface area contributed by atoms with Gasteiger partial charge in [0.25, 0.3) is 0 Å². The molecule has 0 spiro atoms. The fourth-order valence-corrected chi connectivity index (χ4v) is 3.25. The first-order valence-electron chi connectivity index (χ1n) is 7.29. The number of nitrogens with two attached hydrogens (primary N) is 1. The molecule has 4 nitrogen and oxygen atoms in total. The van der Waals surface area contributed by atoms with Gasteiger partial charge in [-0.15, -0.1) is 0 Å². The van der Waals surface area contributed by atoms with Crippen LogP contribution in [0.2, 0.25) is 0 Å². The molecule has 0 aromatic rings. The molecule has 0 aromatic carbocycles. The van der Waals surface area contributed by atoms with E-state index in [1.165, 1.54) is 12.8 Å². The summed E-state index contributed by atoms with van der Waals surface area (Å²) in [4.78, 5) is 14.1. The molecule has 2 fully saturated rings. The third-order valence-electron chi connectivity index (χ3n) is 4.66. The van der Waals surface area contributed by atoms with Crippen molar-refractivity contribution < 1.29 is 9.90 Å². The lowest BCUT2D eigenvalue weighted by molar-refractivity contribution is -0.131. The second kappa shape index (κ2) is 6.02. The Morgan fingerprint density at radius 3 is 2.72 bits per heavy atom. The molecule has 104 valence electrons. The smallest absolute Gasteiger partial charge is 0.222 e. The van der Waals surface area contributed by atoms with E-state index < -0.39 is 0 Å². The zero-order chi connectivity index (χ0) is 13.1. The Labute approximate surface area is 110 Å². The summed E-state index contributed by atoms with van der Waals surface area (Å²) in [6.45, 7) is 3.34. The normalized spacial score (nSPS) is 34.6. The first kappa shape index (κ1) is 13.8. The second-order valence-electron chi connectivity index (χ2n) is 6.04. The van der Waals surface area contributed by atoms with Crippen molar-refractivity contribution in [1.82, 2.24) is 4.90 Å². The number of carbonyl (C=O) groups is 1. The van der Waals surface area contributed by atoms with Gasteiger partial charge >= 0.3 is 0 Å². The molecule has 1 aliphatic heterocycles. The minimum Gasteiger partial charge on any atom is -0.393 e. The zero-order valence-electron chi connectivity index (χ0n) is 11.3. The van der Waals surface area contributed by atoms with E-state index in [1.807, 2.05) is 11.8 Å². The Hall–Kier alpha value is -0.610. The number of aliphatic hydroxyl groups excluding tert-OH is 1. The maximum absolute atomic E-state index is 12.2. The van der Waals surface area contributed by atoms with E-state index in [9.17, 15) is 9.90 Å². The van der Waals surface area contributed by atoms with Crippen molar-refractivity contribution in [2.75, 3.05) is 13.1 Å². The van der Waals surface area contributed by atoms with E-state index in [0.29, 0.717) is 12.3 Å². The third kappa shape index (κ3) is 3.23. The first-order chi connectivity index (χ1) is 8.58. The van der Waals surface area contributed by atoms with Crippen LogP contribution in [0.15, 0.2) is 0 Å². The van der Waals surface area contributed by atoms with Crippen molar-refractivity contribution in [2.45, 2.75) is 57.6 Å². The van der Waals surface area contributed by atoms with Crippen molar-refractivity contribution in [3.05, 3.63) is 0 Å². The monoisotopic (exact) mass is 254 g/mol. The summed E-state index contributed by atoms with van der Waals surface area (Å²) in [6.07, 6.45) is 5.81. The molecular formula is C14H26N2O2. The lowest BCUT2D eigenvalue weighted by Crippen LogP contribution is -2.38. The van der Waals surface area contributed by atoms with Gasteiger partial charge in [0.1, 0.15) is 0 Å². The van der Waals surface area contributed by atoms with Crippen LogP contribution in [-0.2, 0) is 4.79 Å². The zero-order valence-corrected chi connectivity index (χ0v) is 11.3. The van der Waals surface area contributed by atoms with Crippen LogP contribution in [0, 0.1) is 11.8 Å². The van der Waals surface area contributed by atoms with E-state index >= 15 is 0 Å². The van der Waals surface area contributed by atoms with E-state index in [0.717, 1.165) is 32.4 Å². The largest absolute Gasteiger partial charge is 0.393 e. The number of amides is 1. The van der Waals surface area contributed by atoms with Crippen molar-refractivity contribution in [3.63, 3.8) is 0 Å². The van der Waals surface area contributed by atoms with Crippen LogP contribution in [-0.4, -0.2) is 41.1 Å². The SMILES string of the molecule is CC(O)C1CCN(C(=O)CC2CCCCC2N)C1. The van der Waals surface area contributed by atoms with Gasteiger partial charge in [-0.2, -0.15) is 0 Å². The molecule has 4 unspecified atom stereocenters. The van der Waals surface area contributed by atoms with Crippen LogP contribution in [0.1, 0.15) is 45.4 Å². The first-order valence-corrected chi connectivity index (χ1v) is 7.29. The molecule has 1 saturated carbocycles. The second-order valence-corrected chi connectivity index (χ2v) is 6.04. The highest BCUT2D eigenvalue weighted by atomic mass is 16.3. The fourth-order valence-electron chi connectivity index (χ4n) is 3.25. The van der Waals surface area contributed by atoms with E-state index in [2.05, 4.69) is 0 Å². The van der Waals surface area contributed by atoms with Crippen molar-refractivity contribution >= 4 is 5.91 Å². The lowest BCUT2D eigenvalue weighted by atomic mass is 9.83. The number of aliphatic hydroxyl groups is 1. The number of rotatable bonds is 3. The summed E-state index contributed by atoms with van der Waals surface area (Å²) in [6, 6.07) is 0.206. The molecule has 4 atom stereocenters. The Morgan fingerprint density at radius 2 is 2.11 bits per heavy atom. The van der Waals surface area contributed by atoms with Gasteiger partial charge in [0.05, 0.1) is 6.10 Å². The summed E-state index contributed by atoms with van der Waals surface area (Å²) >= 11 is 0. The molecule has 0 bridgehead atoms. The Balaban J connectivity index is 1.81. The standard InChI is InChI=1S/C14H26N2O2/c1-10(17)12-6-7-16(9-12)14(18)8-11-4-2-3-5-13(11)15/h10-13,17H,2-9,15H2,1H3. The van der Waals surface area contributed by atoms with Crippen molar-refractivity contribution in [1.29, 1.82) is 0 Å². The van der Waals surface area contributed by atoms with Crippen LogP contribution in [0.3, 0.4) is 0 Å². The summed E-state index contributed by atoms with van der Waals surface area (Å²) in [5, 5.41) is 9.56. The van der Waals surface area contributed by atoms with Gasteiger partial charge in [-0.3, -0.25) is 4.79 Å². The molecule has 0 radical (unpaired) electrons. The third-order valence-corrected chi connectivity index (χ3v) is 4.66. The average molecular weight is 254 g/mol. The molecule has 3 N–H and O–H groups in total. The van der Waals surface area contributed by atoms with Gasteiger partial charge in [0.2, 0.25) is 5.91 Å². The molecule has 2 aliphatic rings. The van der Waals surface area contributed by atoms with Gasteiger partial charge < -0.3 is 15.7 Å². The van der Waals surface area contributed by atoms with E-state index in [4.69, 9.17) is 5.73 Å². The molecule has 1 amide bonds. The highest BCUT2D eigenvalue weighted by molar-refractivity contribution is 5.76. The number of carbonyl (C=O) groups excluding carboxylic acids is 1. The molecule has 0 aromatic heterocycles. The molecular weight excluding hydrogens is 228 g/mol. The van der Waals surface area contributed by atoms with E-state index in [1.54, 1.807) is 0 Å². The van der Waals surface area contributed by atoms with Crippen LogP contribution in [0.4, 0.5) is 0 Å². The summed E-state index contributed by atoms with van der Waals surface area (Å²) in [5.41, 5.74) is 6.09. The number of hydrogen-bond acceptors (Lipinski definition) is 3. The molecule has 1 saturated heterocycles. The molecule has 1 heterocycles. The van der Waals surface area contributed by atoms with Gasteiger partial charge in [0, 0.05) is 31.5 Å². The van der Waals surface area contributed by atoms with Crippen molar-refractivity contribution in [3.8, 4) is 0 Å². The van der Waals surface area contributed by atoms with Crippen molar-refractivity contribution in [2.24, 2.45) is 17.6 Å². The highest BCUT2D eigenvalue weighted by Gasteiger charge is 2.31. The summed E-state index contributed by atoms with van der Waals surface area (Å²) in [5.74, 6) is 0.867. The Bertz CT molecular complexity index is 294. The fraction of sp³-hybridized carbons (Fsp3) is 0.929. The Morgan fingerprint density at radius 1 is 1.39 bits per heavy atom. The predicted molar refractivity (Wildman–Crippen MR) is 70.9 cm³/mol. The van der Waals surface area contributed by atoms with Gasteiger partial charge in [-0.25, -0.2) is 0 Å². The van der Waals surface area contributed by atoms with Crippen LogP contribution in [0.5, 0.6) is 0 Å². The predicted octanol–water partition coefficient (Wildman–Crippen LogP) is 1.12. The Kier molecular flexibility index (Phi) is 4.62. The maximum Gasteiger partial charge on any atom is 0.222 e. The van der Waals surface area contributed by atoms with Gasteiger partial charge in [-0.05, 0) is 32.1 Å². The number of hydrogen-bond donors (Lipinski definition) is 2. The molecule has 1 aliphatic carbocycles. The lowest BCUT2D eigenvalue weighted by Gasteiger charge is -2.29. The van der Waals surface area contributed by atoms with Gasteiger partial charge in [-0.1, -0.05) is 12.8 Å². The molecule has 4 heteroatoms. The van der Waals surface area contributed by atoms with E-state index in [-0.39, 0.29) is 24.0 Å². The van der Waals surface area contributed by atoms with Crippen LogP contribution >= 0.6 is 0 Å². The average Bonchev–Trinajstić information content (AvgIpc) is 2.81. The molecule has 18 heavy (non-hydrogen) atoms. The minimum atomic E-state index is -0.306. The quantitative estimate of drug-likeness (QED) is 0.793.